The molecule has 0 amide bonds. The van der Waals surface area contributed by atoms with Crippen LogP contribution in [0.15, 0.2) is 58.1 Å². The predicted octanol–water partition coefficient (Wildman–Crippen LogP) is 3.43. The molecule has 0 unspecified atom stereocenters. The number of anilines is 1. The highest BCUT2D eigenvalue weighted by atomic mass is 35.5. The SMILES string of the molecule is CN(Cc1ccccc1)c1nc2c(c(=O)n(C)c(=O)n2C)n1Cc1ccc(Cl)c(Cl)c1. The lowest BCUT2D eigenvalue weighted by Crippen LogP contribution is -2.37. The Balaban J connectivity index is 1.91. The highest BCUT2D eigenvalue weighted by Gasteiger charge is 2.21. The number of fused-ring (bicyclic) bond motifs is 1. The Hall–Kier alpha value is -3.03. The van der Waals surface area contributed by atoms with Crippen LogP contribution in [0.2, 0.25) is 10.0 Å². The topological polar surface area (TPSA) is 65.1 Å². The fourth-order valence-electron chi connectivity index (χ4n) is 3.62. The first kappa shape index (κ1) is 21.2. The molecule has 2 aromatic carbocycles. The van der Waals surface area contributed by atoms with Gasteiger partial charge in [-0.25, -0.2) is 4.79 Å². The van der Waals surface area contributed by atoms with E-state index in [9.17, 15) is 9.59 Å². The average Bonchev–Trinajstić information content (AvgIpc) is 3.13. The molecular formula is C22H21Cl2N5O2. The van der Waals surface area contributed by atoms with Crippen LogP contribution >= 0.6 is 23.2 Å². The second kappa shape index (κ2) is 8.24. The number of hydrogen-bond acceptors (Lipinski definition) is 4. The summed E-state index contributed by atoms with van der Waals surface area (Å²) < 4.78 is 4.30. The van der Waals surface area contributed by atoms with Crippen LogP contribution in [0, 0.1) is 0 Å². The van der Waals surface area contributed by atoms with E-state index in [2.05, 4.69) is 4.98 Å². The number of rotatable bonds is 5. The molecule has 4 aromatic rings. The number of benzene rings is 2. The summed E-state index contributed by atoms with van der Waals surface area (Å²) in [7, 11) is 4.98. The predicted molar refractivity (Wildman–Crippen MR) is 124 cm³/mol. The van der Waals surface area contributed by atoms with E-state index >= 15 is 0 Å². The van der Waals surface area contributed by atoms with Gasteiger partial charge in [-0.2, -0.15) is 4.98 Å². The summed E-state index contributed by atoms with van der Waals surface area (Å²) in [6, 6.07) is 15.3. The summed E-state index contributed by atoms with van der Waals surface area (Å²) in [5, 5.41) is 0.892. The largest absolute Gasteiger partial charge is 0.341 e. The third-order valence-corrected chi connectivity index (χ3v) is 6.00. The maximum absolute atomic E-state index is 13.1. The van der Waals surface area contributed by atoms with E-state index in [-0.39, 0.29) is 0 Å². The molecule has 0 radical (unpaired) electrons. The molecule has 0 N–H and O–H groups in total. The van der Waals surface area contributed by atoms with E-state index in [4.69, 9.17) is 23.2 Å². The minimum absolute atomic E-state index is 0.336. The molecule has 0 saturated heterocycles. The van der Waals surface area contributed by atoms with E-state index in [1.54, 1.807) is 19.2 Å². The first-order valence-electron chi connectivity index (χ1n) is 9.63. The van der Waals surface area contributed by atoms with Gasteiger partial charge in [0.2, 0.25) is 5.95 Å². The molecule has 31 heavy (non-hydrogen) atoms. The standard InChI is InChI=1S/C22H21Cl2N5O2/c1-26(12-14-7-5-4-6-8-14)21-25-19-18(20(30)28(3)22(31)27(19)2)29(21)13-15-9-10-16(23)17(24)11-15/h4-11H,12-13H2,1-3H3. The van der Waals surface area contributed by atoms with Crippen LogP contribution in [-0.4, -0.2) is 25.7 Å². The molecule has 0 aliphatic heterocycles. The summed E-state index contributed by atoms with van der Waals surface area (Å²) in [6.07, 6.45) is 0. The number of halogens is 2. The fraction of sp³-hybridized carbons (Fsp3) is 0.227. The lowest BCUT2D eigenvalue weighted by Gasteiger charge is -2.20. The Labute approximate surface area is 188 Å². The van der Waals surface area contributed by atoms with Crippen molar-refractivity contribution in [3.8, 4) is 0 Å². The van der Waals surface area contributed by atoms with E-state index in [1.807, 2.05) is 52.9 Å². The molecule has 0 aliphatic carbocycles. The molecule has 0 bridgehead atoms. The summed E-state index contributed by atoms with van der Waals surface area (Å²) in [5.74, 6) is 0.572. The van der Waals surface area contributed by atoms with Crippen molar-refractivity contribution in [1.82, 2.24) is 18.7 Å². The second-order valence-electron chi connectivity index (χ2n) is 7.47. The maximum atomic E-state index is 13.1. The molecule has 7 nitrogen and oxygen atoms in total. The lowest BCUT2D eigenvalue weighted by atomic mass is 10.2. The zero-order valence-corrected chi connectivity index (χ0v) is 18.9. The van der Waals surface area contributed by atoms with Crippen LogP contribution in [0.25, 0.3) is 11.2 Å². The summed E-state index contributed by atoms with van der Waals surface area (Å²) in [4.78, 5) is 32.1. The maximum Gasteiger partial charge on any atom is 0.332 e. The number of nitrogens with zero attached hydrogens (tertiary/aromatic N) is 5. The molecule has 2 aromatic heterocycles. The van der Waals surface area contributed by atoms with E-state index in [1.165, 1.54) is 11.6 Å². The highest BCUT2D eigenvalue weighted by Crippen LogP contribution is 2.26. The van der Waals surface area contributed by atoms with Gasteiger partial charge in [0.05, 0.1) is 16.6 Å². The monoisotopic (exact) mass is 457 g/mol. The van der Waals surface area contributed by atoms with Crippen molar-refractivity contribution in [3.05, 3.63) is 90.5 Å². The summed E-state index contributed by atoms with van der Waals surface area (Å²) in [6.45, 7) is 0.926. The Bertz CT molecular complexity index is 1390. The fourth-order valence-corrected chi connectivity index (χ4v) is 3.95. The third-order valence-electron chi connectivity index (χ3n) is 5.26. The van der Waals surface area contributed by atoms with Crippen molar-refractivity contribution >= 4 is 40.3 Å². The molecule has 4 rings (SSSR count). The summed E-state index contributed by atoms with van der Waals surface area (Å²) in [5.41, 5.74) is 1.83. The Morgan fingerprint density at radius 2 is 1.65 bits per heavy atom. The number of aryl methyl sites for hydroxylation is 1. The van der Waals surface area contributed by atoms with Gasteiger partial charge in [-0.15, -0.1) is 0 Å². The zero-order valence-electron chi connectivity index (χ0n) is 17.3. The number of aromatic nitrogens is 4. The van der Waals surface area contributed by atoms with Crippen molar-refractivity contribution < 1.29 is 0 Å². The minimum Gasteiger partial charge on any atom is -0.341 e. The summed E-state index contributed by atoms with van der Waals surface area (Å²) >= 11 is 12.3. The second-order valence-corrected chi connectivity index (χ2v) is 8.28. The van der Waals surface area contributed by atoms with Crippen LogP contribution < -0.4 is 16.1 Å². The molecule has 160 valence electrons. The Morgan fingerprint density at radius 3 is 2.32 bits per heavy atom. The van der Waals surface area contributed by atoms with E-state index < -0.39 is 11.2 Å². The van der Waals surface area contributed by atoms with Crippen LogP contribution in [0.5, 0.6) is 0 Å². The van der Waals surface area contributed by atoms with Crippen molar-refractivity contribution in [2.24, 2.45) is 14.1 Å². The van der Waals surface area contributed by atoms with Crippen molar-refractivity contribution in [1.29, 1.82) is 0 Å². The molecule has 0 atom stereocenters. The van der Waals surface area contributed by atoms with Gasteiger partial charge < -0.3 is 4.90 Å². The van der Waals surface area contributed by atoms with Gasteiger partial charge in [0.15, 0.2) is 11.2 Å². The average molecular weight is 458 g/mol. The Morgan fingerprint density at radius 1 is 0.935 bits per heavy atom. The smallest absolute Gasteiger partial charge is 0.332 e. The third kappa shape index (κ3) is 3.86. The molecule has 0 aliphatic rings. The highest BCUT2D eigenvalue weighted by molar-refractivity contribution is 6.42. The van der Waals surface area contributed by atoms with Crippen molar-refractivity contribution in [2.45, 2.75) is 13.1 Å². The van der Waals surface area contributed by atoms with Crippen LogP contribution in [0.3, 0.4) is 0 Å². The lowest BCUT2D eigenvalue weighted by molar-refractivity contribution is 0.701. The van der Waals surface area contributed by atoms with E-state index in [0.717, 1.165) is 15.7 Å². The van der Waals surface area contributed by atoms with Crippen LogP contribution in [0.1, 0.15) is 11.1 Å². The molecule has 0 spiro atoms. The van der Waals surface area contributed by atoms with E-state index in [0.29, 0.717) is 40.2 Å². The normalized spacial score (nSPS) is 11.3. The van der Waals surface area contributed by atoms with Crippen molar-refractivity contribution in [2.75, 3.05) is 11.9 Å². The van der Waals surface area contributed by atoms with Gasteiger partial charge in [0, 0.05) is 27.7 Å². The van der Waals surface area contributed by atoms with Gasteiger partial charge in [-0.05, 0) is 23.3 Å². The quantitative estimate of drug-likeness (QED) is 0.460. The van der Waals surface area contributed by atoms with Gasteiger partial charge in [0.1, 0.15) is 0 Å². The van der Waals surface area contributed by atoms with Gasteiger partial charge in [-0.1, -0.05) is 59.6 Å². The van der Waals surface area contributed by atoms with Crippen molar-refractivity contribution in [3.63, 3.8) is 0 Å². The van der Waals surface area contributed by atoms with Gasteiger partial charge >= 0.3 is 5.69 Å². The molecular weight excluding hydrogens is 437 g/mol. The van der Waals surface area contributed by atoms with Gasteiger partial charge in [0.25, 0.3) is 5.56 Å². The molecule has 9 heteroatoms. The van der Waals surface area contributed by atoms with Crippen LogP contribution in [-0.2, 0) is 27.2 Å². The zero-order chi connectivity index (χ0) is 22.3. The number of imidazole rings is 1. The molecule has 0 saturated carbocycles. The molecule has 0 fully saturated rings. The number of hydrogen-bond donors (Lipinski definition) is 0. The first-order valence-corrected chi connectivity index (χ1v) is 10.4. The first-order chi connectivity index (χ1) is 14.8. The van der Waals surface area contributed by atoms with Crippen LogP contribution in [0.4, 0.5) is 5.95 Å². The van der Waals surface area contributed by atoms with Gasteiger partial charge in [-0.3, -0.25) is 18.5 Å². The molecule has 2 heterocycles. The minimum atomic E-state index is -0.422. The Kier molecular flexibility index (Phi) is 5.64.